The summed E-state index contributed by atoms with van der Waals surface area (Å²) in [5, 5.41) is 8.90. The highest BCUT2D eigenvalue weighted by Gasteiger charge is 2.09. The lowest BCUT2D eigenvalue weighted by molar-refractivity contribution is 0.102. The number of aryl methyl sites for hydroxylation is 2. The Morgan fingerprint density at radius 1 is 1.03 bits per heavy atom. The second-order valence-corrected chi connectivity index (χ2v) is 8.49. The molecule has 0 saturated heterocycles. The number of carbonyl (C=O) groups is 1. The van der Waals surface area contributed by atoms with Crippen molar-refractivity contribution in [2.24, 2.45) is 0 Å². The van der Waals surface area contributed by atoms with Gasteiger partial charge in [0.05, 0.1) is 10.7 Å². The molecule has 1 amide bonds. The third-order valence-electron chi connectivity index (χ3n) is 4.18. The Bertz CT molecular complexity index is 1130. The fraction of sp³-hybridized carbons (Fsp3) is 0.136. The van der Waals surface area contributed by atoms with Gasteiger partial charge in [-0.2, -0.15) is 0 Å². The number of ether oxygens (including phenoxy) is 1. The summed E-state index contributed by atoms with van der Waals surface area (Å²) in [5.41, 5.74) is 4.19. The Labute approximate surface area is 177 Å². The molecular weight excluding hydrogens is 402 g/mol. The fourth-order valence-electron chi connectivity index (χ4n) is 2.77. The first-order valence-electron chi connectivity index (χ1n) is 9.04. The lowest BCUT2D eigenvalue weighted by atomic mass is 10.1. The average Bonchev–Trinajstić information content (AvgIpc) is 3.35. The van der Waals surface area contributed by atoms with E-state index in [1.54, 1.807) is 46.9 Å². The van der Waals surface area contributed by atoms with Crippen LogP contribution in [0.1, 0.15) is 26.1 Å². The molecule has 0 aliphatic carbocycles. The molecule has 0 aliphatic heterocycles. The lowest BCUT2D eigenvalue weighted by Crippen LogP contribution is -2.11. The van der Waals surface area contributed by atoms with Gasteiger partial charge in [-0.25, -0.2) is 9.97 Å². The zero-order chi connectivity index (χ0) is 20.2. The first-order valence-corrected chi connectivity index (χ1v) is 10.8. The van der Waals surface area contributed by atoms with Gasteiger partial charge < -0.3 is 10.1 Å². The van der Waals surface area contributed by atoms with Gasteiger partial charge in [0.15, 0.2) is 0 Å². The summed E-state index contributed by atoms with van der Waals surface area (Å²) in [5.74, 6) is 0.536. The minimum absolute atomic E-state index is 0.168. The van der Waals surface area contributed by atoms with E-state index in [-0.39, 0.29) is 5.91 Å². The van der Waals surface area contributed by atoms with Gasteiger partial charge in [-0.15, -0.1) is 22.7 Å². The number of nitrogens with zero attached hydrogens (tertiary/aromatic N) is 2. The topological polar surface area (TPSA) is 64.1 Å². The van der Waals surface area contributed by atoms with Crippen LogP contribution < -0.4 is 10.1 Å². The molecule has 0 saturated carbocycles. The Morgan fingerprint density at radius 2 is 1.86 bits per heavy atom. The molecule has 0 fully saturated rings. The van der Waals surface area contributed by atoms with Crippen LogP contribution in [0.15, 0.2) is 59.3 Å². The standard InChI is InChI=1S/C22H19N3O2S2/c1-14-12-29-21(23-14)11-27-19-8-6-16(7-9-19)22(26)25-18-5-3-4-17(10-18)20-13-28-15(2)24-20/h3-10,12-13H,11H2,1-2H3,(H,25,26). The summed E-state index contributed by atoms with van der Waals surface area (Å²) >= 11 is 3.18. The molecule has 5 nitrogen and oxygen atoms in total. The van der Waals surface area contributed by atoms with E-state index < -0.39 is 0 Å². The van der Waals surface area contributed by atoms with E-state index in [1.165, 1.54) is 0 Å². The van der Waals surface area contributed by atoms with Crippen LogP contribution in [-0.2, 0) is 6.61 Å². The van der Waals surface area contributed by atoms with Crippen LogP contribution in [-0.4, -0.2) is 15.9 Å². The van der Waals surface area contributed by atoms with Crippen molar-refractivity contribution in [3.63, 3.8) is 0 Å². The number of hydrogen-bond acceptors (Lipinski definition) is 6. The molecule has 0 atom stereocenters. The van der Waals surface area contributed by atoms with E-state index in [1.807, 2.05) is 48.9 Å². The van der Waals surface area contributed by atoms with Crippen molar-refractivity contribution >= 4 is 34.3 Å². The van der Waals surface area contributed by atoms with E-state index in [2.05, 4.69) is 15.3 Å². The Balaban J connectivity index is 1.39. The minimum Gasteiger partial charge on any atom is -0.486 e. The smallest absolute Gasteiger partial charge is 0.255 e. The first-order chi connectivity index (χ1) is 14.1. The van der Waals surface area contributed by atoms with Crippen LogP contribution in [0.5, 0.6) is 5.75 Å². The zero-order valence-electron chi connectivity index (χ0n) is 16.0. The summed E-state index contributed by atoms with van der Waals surface area (Å²) in [4.78, 5) is 21.5. The average molecular weight is 422 g/mol. The maximum atomic E-state index is 12.6. The number of amides is 1. The molecule has 0 aliphatic rings. The molecule has 146 valence electrons. The molecule has 0 spiro atoms. The van der Waals surface area contributed by atoms with Gasteiger partial charge in [-0.05, 0) is 50.2 Å². The van der Waals surface area contributed by atoms with E-state index >= 15 is 0 Å². The first kappa shape index (κ1) is 19.3. The van der Waals surface area contributed by atoms with Gasteiger partial charge in [0.1, 0.15) is 17.4 Å². The molecule has 4 rings (SSSR count). The van der Waals surface area contributed by atoms with E-state index in [4.69, 9.17) is 4.74 Å². The van der Waals surface area contributed by atoms with Crippen molar-refractivity contribution < 1.29 is 9.53 Å². The van der Waals surface area contributed by atoms with Crippen molar-refractivity contribution in [2.45, 2.75) is 20.5 Å². The number of carbonyl (C=O) groups excluding carboxylic acids is 1. The van der Waals surface area contributed by atoms with E-state index in [0.717, 1.165) is 32.7 Å². The van der Waals surface area contributed by atoms with Crippen molar-refractivity contribution in [2.75, 3.05) is 5.32 Å². The normalized spacial score (nSPS) is 10.7. The number of benzene rings is 2. The monoisotopic (exact) mass is 421 g/mol. The highest BCUT2D eigenvalue weighted by atomic mass is 32.1. The number of hydrogen-bond donors (Lipinski definition) is 1. The minimum atomic E-state index is -0.168. The molecule has 0 bridgehead atoms. The zero-order valence-corrected chi connectivity index (χ0v) is 17.6. The molecule has 1 N–H and O–H groups in total. The van der Waals surface area contributed by atoms with Crippen molar-refractivity contribution in [3.05, 3.63) is 80.6 Å². The second-order valence-electron chi connectivity index (χ2n) is 6.48. The van der Waals surface area contributed by atoms with Gasteiger partial charge in [0, 0.05) is 33.3 Å². The Kier molecular flexibility index (Phi) is 5.69. The Morgan fingerprint density at radius 3 is 2.55 bits per heavy atom. The summed E-state index contributed by atoms with van der Waals surface area (Å²) in [7, 11) is 0. The molecule has 7 heteroatoms. The lowest BCUT2D eigenvalue weighted by Gasteiger charge is -2.08. The number of thiazole rings is 2. The highest BCUT2D eigenvalue weighted by molar-refractivity contribution is 7.10. The maximum absolute atomic E-state index is 12.6. The Hall–Kier alpha value is -3.03. The van der Waals surface area contributed by atoms with E-state index in [9.17, 15) is 4.79 Å². The predicted octanol–water partition coefficient (Wildman–Crippen LogP) is 5.71. The third kappa shape index (κ3) is 4.88. The quantitative estimate of drug-likeness (QED) is 0.433. The van der Waals surface area contributed by atoms with Gasteiger partial charge >= 0.3 is 0 Å². The molecule has 2 aromatic heterocycles. The van der Waals surface area contributed by atoms with Crippen molar-refractivity contribution in [1.82, 2.24) is 9.97 Å². The molecule has 2 heterocycles. The van der Waals surface area contributed by atoms with E-state index in [0.29, 0.717) is 17.9 Å². The second kappa shape index (κ2) is 8.55. The summed E-state index contributed by atoms with van der Waals surface area (Å²) in [6.07, 6.45) is 0. The van der Waals surface area contributed by atoms with Crippen LogP contribution in [0.3, 0.4) is 0 Å². The van der Waals surface area contributed by atoms with Crippen molar-refractivity contribution in [3.8, 4) is 17.0 Å². The van der Waals surface area contributed by atoms with Crippen LogP contribution in [0.2, 0.25) is 0 Å². The molecule has 4 aromatic rings. The summed E-state index contributed by atoms with van der Waals surface area (Å²) < 4.78 is 5.74. The molecule has 0 radical (unpaired) electrons. The highest BCUT2D eigenvalue weighted by Crippen LogP contribution is 2.24. The SMILES string of the molecule is Cc1csc(COc2ccc(C(=O)Nc3cccc(-c4csc(C)n4)c3)cc2)n1. The molecule has 29 heavy (non-hydrogen) atoms. The number of nitrogens with one attached hydrogen (secondary N) is 1. The van der Waals surface area contributed by atoms with Gasteiger partial charge in [0.25, 0.3) is 5.91 Å². The van der Waals surface area contributed by atoms with Crippen LogP contribution in [0.4, 0.5) is 5.69 Å². The van der Waals surface area contributed by atoms with Crippen LogP contribution >= 0.6 is 22.7 Å². The summed E-state index contributed by atoms with van der Waals surface area (Å²) in [6.45, 7) is 4.36. The predicted molar refractivity (Wildman–Crippen MR) is 118 cm³/mol. The fourth-order valence-corrected chi connectivity index (χ4v) is 4.08. The molecule has 0 unspecified atom stereocenters. The van der Waals surface area contributed by atoms with Gasteiger partial charge in [0.2, 0.25) is 0 Å². The number of anilines is 1. The number of aromatic nitrogens is 2. The van der Waals surface area contributed by atoms with Crippen LogP contribution in [0, 0.1) is 13.8 Å². The third-order valence-corrected chi connectivity index (χ3v) is 5.89. The summed E-state index contributed by atoms with van der Waals surface area (Å²) in [6, 6.07) is 14.8. The number of rotatable bonds is 6. The maximum Gasteiger partial charge on any atom is 0.255 e. The van der Waals surface area contributed by atoms with Gasteiger partial charge in [-0.1, -0.05) is 12.1 Å². The molecular formula is C22H19N3O2S2. The largest absolute Gasteiger partial charge is 0.486 e. The molecule has 2 aromatic carbocycles. The van der Waals surface area contributed by atoms with Crippen LogP contribution in [0.25, 0.3) is 11.3 Å². The van der Waals surface area contributed by atoms with Gasteiger partial charge in [-0.3, -0.25) is 4.79 Å². The van der Waals surface area contributed by atoms with Crippen molar-refractivity contribution in [1.29, 1.82) is 0 Å².